The second kappa shape index (κ2) is 4.40. The highest BCUT2D eigenvalue weighted by molar-refractivity contribution is 5.94. The average Bonchev–Trinajstić information content (AvgIpc) is 2.14. The summed E-state index contributed by atoms with van der Waals surface area (Å²) >= 11 is 0. The molecule has 17 heavy (non-hydrogen) atoms. The van der Waals surface area contributed by atoms with Crippen LogP contribution in [0.3, 0.4) is 0 Å². The molecule has 1 aromatic carbocycles. The summed E-state index contributed by atoms with van der Waals surface area (Å²) in [5, 5.41) is 9.09. The van der Waals surface area contributed by atoms with E-state index in [-0.39, 0.29) is 16.9 Å². The number of benzene rings is 1. The monoisotopic (exact) mass is 235 g/mol. The van der Waals surface area contributed by atoms with Crippen LogP contribution in [0.2, 0.25) is 0 Å². The molecule has 0 atom stereocenters. The Morgan fingerprint density at radius 2 is 1.82 bits per heavy atom. The molecule has 0 aliphatic carbocycles. The molecule has 0 amide bonds. The van der Waals surface area contributed by atoms with E-state index in [4.69, 9.17) is 10.8 Å². The van der Waals surface area contributed by atoms with Gasteiger partial charge in [-0.3, -0.25) is 0 Å². The van der Waals surface area contributed by atoms with E-state index in [0.717, 1.165) is 11.1 Å². The summed E-state index contributed by atoms with van der Waals surface area (Å²) in [7, 11) is 0. The zero-order chi connectivity index (χ0) is 13.4. The predicted molar refractivity (Wildman–Crippen MR) is 70.6 cm³/mol. The first-order valence-corrected chi connectivity index (χ1v) is 5.81. The molecule has 1 rings (SSSR count). The third kappa shape index (κ3) is 2.78. The second-order valence-corrected chi connectivity index (χ2v) is 5.74. The van der Waals surface area contributed by atoms with Crippen molar-refractivity contribution in [2.75, 3.05) is 5.73 Å². The Hall–Kier alpha value is -1.51. The van der Waals surface area contributed by atoms with Gasteiger partial charge in [0.05, 0.1) is 5.56 Å². The number of hydrogen-bond acceptors (Lipinski definition) is 2. The molecule has 0 unspecified atom stereocenters. The molecule has 0 radical (unpaired) electrons. The normalized spacial score (nSPS) is 11.9. The first-order valence-electron chi connectivity index (χ1n) is 5.81. The predicted octanol–water partition coefficient (Wildman–Crippen LogP) is 3.39. The molecule has 0 fully saturated rings. The Morgan fingerprint density at radius 3 is 2.18 bits per heavy atom. The summed E-state index contributed by atoms with van der Waals surface area (Å²) in [4.78, 5) is 11.1. The molecule has 94 valence electrons. The highest BCUT2D eigenvalue weighted by Gasteiger charge is 2.22. The first kappa shape index (κ1) is 13.6. The number of nitrogens with two attached hydrogens (primary N) is 1. The van der Waals surface area contributed by atoms with Crippen LogP contribution in [0.5, 0.6) is 0 Å². The Morgan fingerprint density at radius 1 is 1.29 bits per heavy atom. The van der Waals surface area contributed by atoms with Crippen LogP contribution in [-0.4, -0.2) is 11.1 Å². The van der Waals surface area contributed by atoms with Gasteiger partial charge in [0.15, 0.2) is 0 Å². The summed E-state index contributed by atoms with van der Waals surface area (Å²) in [6.45, 7) is 10.4. The number of carbonyl (C=O) groups is 1. The average molecular weight is 235 g/mol. The largest absolute Gasteiger partial charge is 0.478 e. The van der Waals surface area contributed by atoms with E-state index in [2.05, 4.69) is 34.6 Å². The summed E-state index contributed by atoms with van der Waals surface area (Å²) in [6.07, 6.45) is 0. The number of anilines is 1. The van der Waals surface area contributed by atoms with Gasteiger partial charge in [-0.05, 0) is 34.6 Å². The van der Waals surface area contributed by atoms with Crippen molar-refractivity contribution in [1.82, 2.24) is 0 Å². The minimum absolute atomic E-state index is 0.0369. The maximum Gasteiger partial charge on any atom is 0.337 e. The number of carboxylic acids is 1. The number of hydrogen-bond donors (Lipinski definition) is 2. The van der Waals surface area contributed by atoms with Gasteiger partial charge in [-0.1, -0.05) is 34.6 Å². The zero-order valence-corrected chi connectivity index (χ0v) is 11.2. The van der Waals surface area contributed by atoms with Gasteiger partial charge in [-0.15, -0.1) is 0 Å². The maximum atomic E-state index is 11.1. The second-order valence-electron chi connectivity index (χ2n) is 5.74. The minimum atomic E-state index is -0.968. The fourth-order valence-electron chi connectivity index (χ4n) is 1.95. The van der Waals surface area contributed by atoms with Crippen LogP contribution < -0.4 is 5.73 Å². The lowest BCUT2D eigenvalue weighted by atomic mass is 9.79. The molecule has 0 bridgehead atoms. The van der Waals surface area contributed by atoms with Crippen molar-refractivity contribution >= 4 is 11.7 Å². The molecule has 0 aliphatic rings. The van der Waals surface area contributed by atoms with Gasteiger partial charge in [0.1, 0.15) is 0 Å². The van der Waals surface area contributed by atoms with Crippen LogP contribution in [0.4, 0.5) is 5.69 Å². The molecule has 0 aliphatic heterocycles. The van der Waals surface area contributed by atoms with Gasteiger partial charge >= 0.3 is 5.97 Å². The van der Waals surface area contributed by atoms with E-state index in [1.54, 1.807) is 12.1 Å². The van der Waals surface area contributed by atoms with E-state index in [0.29, 0.717) is 5.69 Å². The SMILES string of the molecule is CC(C)c1cc(C(=O)O)c(N)cc1C(C)(C)C. The Kier molecular flexibility index (Phi) is 3.51. The third-order valence-corrected chi connectivity index (χ3v) is 2.88. The van der Waals surface area contributed by atoms with Gasteiger partial charge in [0, 0.05) is 5.69 Å². The van der Waals surface area contributed by atoms with Gasteiger partial charge in [-0.2, -0.15) is 0 Å². The lowest BCUT2D eigenvalue weighted by molar-refractivity contribution is 0.0698. The van der Waals surface area contributed by atoms with Crippen LogP contribution >= 0.6 is 0 Å². The number of carboxylic acid groups (broad SMARTS) is 1. The highest BCUT2D eigenvalue weighted by Crippen LogP contribution is 2.33. The van der Waals surface area contributed by atoms with E-state index >= 15 is 0 Å². The summed E-state index contributed by atoms with van der Waals surface area (Å²) in [5.74, 6) is -0.687. The van der Waals surface area contributed by atoms with E-state index < -0.39 is 5.97 Å². The van der Waals surface area contributed by atoms with Crippen LogP contribution in [-0.2, 0) is 5.41 Å². The van der Waals surface area contributed by atoms with E-state index in [1.165, 1.54) is 0 Å². The fourth-order valence-corrected chi connectivity index (χ4v) is 1.95. The molecule has 0 saturated carbocycles. The van der Waals surface area contributed by atoms with Crippen molar-refractivity contribution in [3.05, 3.63) is 28.8 Å². The van der Waals surface area contributed by atoms with E-state index in [9.17, 15) is 4.79 Å². The quantitative estimate of drug-likeness (QED) is 0.772. The maximum absolute atomic E-state index is 11.1. The van der Waals surface area contributed by atoms with Crippen molar-refractivity contribution < 1.29 is 9.90 Å². The fraction of sp³-hybridized carbons (Fsp3) is 0.500. The molecule has 3 heteroatoms. The third-order valence-electron chi connectivity index (χ3n) is 2.88. The van der Waals surface area contributed by atoms with Gasteiger partial charge in [-0.25, -0.2) is 4.79 Å². The van der Waals surface area contributed by atoms with Crippen molar-refractivity contribution in [2.45, 2.75) is 46.0 Å². The molecule has 3 N–H and O–H groups in total. The number of nitrogen functional groups attached to an aromatic ring is 1. The Labute approximate surface area is 103 Å². The van der Waals surface area contributed by atoms with Crippen molar-refractivity contribution in [3.63, 3.8) is 0 Å². The van der Waals surface area contributed by atoms with Crippen molar-refractivity contribution in [2.24, 2.45) is 0 Å². The molecule has 0 spiro atoms. The topological polar surface area (TPSA) is 63.3 Å². The summed E-state index contributed by atoms with van der Waals surface area (Å²) in [5.41, 5.74) is 8.49. The lowest BCUT2D eigenvalue weighted by Gasteiger charge is -2.26. The Balaban J connectivity index is 3.53. The molecule has 0 aromatic heterocycles. The first-order chi connectivity index (χ1) is 7.64. The van der Waals surface area contributed by atoms with Gasteiger partial charge in [0.25, 0.3) is 0 Å². The molecular weight excluding hydrogens is 214 g/mol. The minimum Gasteiger partial charge on any atom is -0.478 e. The van der Waals surface area contributed by atoms with Crippen molar-refractivity contribution in [3.8, 4) is 0 Å². The summed E-state index contributed by atoms with van der Waals surface area (Å²) < 4.78 is 0. The molecule has 3 nitrogen and oxygen atoms in total. The van der Waals surface area contributed by atoms with Crippen LogP contribution in [0.25, 0.3) is 0 Å². The Bertz CT molecular complexity index is 442. The number of aromatic carboxylic acids is 1. The van der Waals surface area contributed by atoms with E-state index in [1.807, 2.05) is 0 Å². The standard InChI is InChI=1S/C14H21NO2/c1-8(2)9-6-10(13(16)17)12(15)7-11(9)14(3,4)5/h6-8H,15H2,1-5H3,(H,16,17). The van der Waals surface area contributed by atoms with Gasteiger partial charge in [0.2, 0.25) is 0 Å². The lowest BCUT2D eigenvalue weighted by Crippen LogP contribution is -2.17. The van der Waals surface area contributed by atoms with Crippen LogP contribution in [0.1, 0.15) is 62.0 Å². The zero-order valence-electron chi connectivity index (χ0n) is 11.2. The highest BCUT2D eigenvalue weighted by atomic mass is 16.4. The van der Waals surface area contributed by atoms with Gasteiger partial charge < -0.3 is 10.8 Å². The number of rotatable bonds is 2. The van der Waals surface area contributed by atoms with Crippen molar-refractivity contribution in [1.29, 1.82) is 0 Å². The smallest absolute Gasteiger partial charge is 0.337 e. The molecular formula is C14H21NO2. The molecule has 0 heterocycles. The van der Waals surface area contributed by atoms with Crippen LogP contribution in [0.15, 0.2) is 12.1 Å². The summed E-state index contributed by atoms with van der Waals surface area (Å²) in [6, 6.07) is 3.52. The molecule has 1 aromatic rings. The molecule has 0 saturated heterocycles. The van der Waals surface area contributed by atoms with Crippen LogP contribution in [0, 0.1) is 0 Å².